The van der Waals surface area contributed by atoms with E-state index < -0.39 is 11.8 Å². The topological polar surface area (TPSA) is 89.4 Å². The Morgan fingerprint density at radius 1 is 0.931 bits per heavy atom. The van der Waals surface area contributed by atoms with E-state index in [1.165, 1.54) is 22.9 Å². The molecule has 2 amide bonds. The Hall–Kier alpha value is -3.58. The van der Waals surface area contributed by atoms with Gasteiger partial charge < -0.3 is 9.30 Å². The molecule has 148 valence electrons. The van der Waals surface area contributed by atoms with Crippen molar-refractivity contribution in [3.05, 3.63) is 98.9 Å². The molecule has 0 saturated carbocycles. The highest BCUT2D eigenvalue weighted by atomic mass is 35.5. The highest BCUT2D eigenvalue weighted by molar-refractivity contribution is 6.30. The second kappa shape index (κ2) is 9.07. The summed E-state index contributed by atoms with van der Waals surface area (Å²) < 4.78 is 6.99. The summed E-state index contributed by atoms with van der Waals surface area (Å²) in [5.41, 5.74) is 5.69. The van der Waals surface area contributed by atoms with Crippen LogP contribution in [-0.4, -0.2) is 16.4 Å². The van der Waals surface area contributed by atoms with Crippen LogP contribution in [0.5, 0.6) is 5.75 Å². The number of carbonyl (C=O) groups excluding carboxylic acids is 2. The molecule has 29 heavy (non-hydrogen) atoms. The van der Waals surface area contributed by atoms with Gasteiger partial charge in [0.25, 0.3) is 17.4 Å². The van der Waals surface area contributed by atoms with E-state index >= 15 is 0 Å². The monoisotopic (exact) mass is 411 g/mol. The Bertz CT molecular complexity index is 1080. The smallest absolute Gasteiger partial charge is 0.269 e. The van der Waals surface area contributed by atoms with Crippen molar-refractivity contribution in [3.63, 3.8) is 0 Å². The minimum Gasteiger partial charge on any atom is -0.489 e. The molecule has 0 aliphatic carbocycles. The molecule has 8 heteroatoms. The van der Waals surface area contributed by atoms with Gasteiger partial charge in [-0.05, 0) is 48.0 Å². The summed E-state index contributed by atoms with van der Waals surface area (Å²) in [6, 6.07) is 16.5. The molecule has 3 rings (SSSR count). The highest BCUT2D eigenvalue weighted by Crippen LogP contribution is 2.17. The summed E-state index contributed by atoms with van der Waals surface area (Å²) in [4.78, 5) is 35.8. The van der Waals surface area contributed by atoms with Crippen molar-refractivity contribution < 1.29 is 14.3 Å². The molecule has 1 heterocycles. The molecule has 0 saturated heterocycles. The van der Waals surface area contributed by atoms with Crippen LogP contribution in [0.25, 0.3) is 0 Å². The zero-order valence-corrected chi connectivity index (χ0v) is 16.3. The molecule has 0 atom stereocenters. The standard InChI is InChI=1S/C21H18ClN3O4/c1-25-11-10-16(12-19(25)26)21(28)24-23-20(27)15-4-2-14(3-5-15)13-29-18-8-6-17(22)7-9-18/h2-12H,13H2,1H3,(H,23,27)(H,24,28). The van der Waals surface area contributed by atoms with Gasteiger partial charge in [0.2, 0.25) is 0 Å². The van der Waals surface area contributed by atoms with Gasteiger partial charge in [-0.15, -0.1) is 0 Å². The summed E-state index contributed by atoms with van der Waals surface area (Å²) >= 11 is 5.83. The number of hydrazine groups is 1. The maximum atomic E-state index is 12.2. The molecule has 0 spiro atoms. The Morgan fingerprint density at radius 3 is 2.17 bits per heavy atom. The van der Waals surface area contributed by atoms with Gasteiger partial charge in [0, 0.05) is 35.5 Å². The normalized spacial score (nSPS) is 10.3. The highest BCUT2D eigenvalue weighted by Gasteiger charge is 2.10. The number of pyridine rings is 1. The summed E-state index contributed by atoms with van der Waals surface area (Å²) in [6.07, 6.45) is 1.48. The fraction of sp³-hybridized carbons (Fsp3) is 0.0952. The number of nitrogens with zero attached hydrogens (tertiary/aromatic N) is 1. The van der Waals surface area contributed by atoms with Gasteiger partial charge in [-0.3, -0.25) is 25.2 Å². The van der Waals surface area contributed by atoms with E-state index in [1.54, 1.807) is 55.6 Å². The fourth-order valence-corrected chi connectivity index (χ4v) is 2.52. The van der Waals surface area contributed by atoms with E-state index in [0.29, 0.717) is 22.9 Å². The van der Waals surface area contributed by atoms with Crippen LogP contribution in [0.1, 0.15) is 26.3 Å². The zero-order chi connectivity index (χ0) is 20.8. The molecule has 0 fully saturated rings. The van der Waals surface area contributed by atoms with Crippen molar-refractivity contribution in [3.8, 4) is 5.75 Å². The van der Waals surface area contributed by atoms with E-state index in [4.69, 9.17) is 16.3 Å². The lowest BCUT2D eigenvalue weighted by Crippen LogP contribution is -2.42. The molecule has 0 radical (unpaired) electrons. The number of ether oxygens (including phenoxy) is 1. The Kier molecular flexibility index (Phi) is 6.31. The van der Waals surface area contributed by atoms with E-state index in [-0.39, 0.29) is 11.1 Å². The van der Waals surface area contributed by atoms with Crippen LogP contribution in [0.4, 0.5) is 0 Å². The molecule has 0 bridgehead atoms. The molecule has 0 aliphatic heterocycles. The Balaban J connectivity index is 1.53. The predicted molar refractivity (Wildman–Crippen MR) is 109 cm³/mol. The maximum absolute atomic E-state index is 12.2. The number of hydrogen-bond acceptors (Lipinski definition) is 4. The maximum Gasteiger partial charge on any atom is 0.269 e. The third-order valence-electron chi connectivity index (χ3n) is 4.09. The number of halogens is 1. The molecule has 1 aromatic heterocycles. The number of benzene rings is 2. The van der Waals surface area contributed by atoms with E-state index in [2.05, 4.69) is 10.9 Å². The van der Waals surface area contributed by atoms with Gasteiger partial charge >= 0.3 is 0 Å². The number of rotatable bonds is 5. The van der Waals surface area contributed by atoms with Crippen molar-refractivity contribution in [2.75, 3.05) is 0 Å². The second-order valence-corrected chi connectivity index (χ2v) is 6.65. The molecule has 3 aromatic rings. The molecule has 0 unspecified atom stereocenters. The predicted octanol–water partition coefficient (Wildman–Crippen LogP) is 2.69. The van der Waals surface area contributed by atoms with Crippen LogP contribution in [0.15, 0.2) is 71.7 Å². The first-order valence-electron chi connectivity index (χ1n) is 8.67. The number of aromatic nitrogens is 1. The summed E-state index contributed by atoms with van der Waals surface area (Å²) in [5, 5.41) is 0.634. The number of aryl methyl sites for hydroxylation is 1. The van der Waals surface area contributed by atoms with Crippen LogP contribution >= 0.6 is 11.6 Å². The van der Waals surface area contributed by atoms with E-state index in [9.17, 15) is 14.4 Å². The van der Waals surface area contributed by atoms with Gasteiger partial charge in [-0.1, -0.05) is 23.7 Å². The number of carbonyl (C=O) groups is 2. The van der Waals surface area contributed by atoms with Gasteiger partial charge in [-0.2, -0.15) is 0 Å². The minimum absolute atomic E-state index is 0.156. The van der Waals surface area contributed by atoms with Crippen molar-refractivity contribution in [1.29, 1.82) is 0 Å². The van der Waals surface area contributed by atoms with E-state index in [1.807, 2.05) is 0 Å². The number of nitrogens with one attached hydrogen (secondary N) is 2. The largest absolute Gasteiger partial charge is 0.489 e. The molecule has 7 nitrogen and oxygen atoms in total. The first-order chi connectivity index (χ1) is 13.9. The molecule has 2 N–H and O–H groups in total. The van der Waals surface area contributed by atoms with Gasteiger partial charge in [0.15, 0.2) is 0 Å². The lowest BCUT2D eigenvalue weighted by atomic mass is 10.1. The average Bonchev–Trinajstić information content (AvgIpc) is 2.73. The molecular weight excluding hydrogens is 394 g/mol. The van der Waals surface area contributed by atoms with Crippen molar-refractivity contribution in [1.82, 2.24) is 15.4 Å². The summed E-state index contributed by atoms with van der Waals surface area (Å²) in [6.45, 7) is 0.337. The van der Waals surface area contributed by atoms with E-state index in [0.717, 1.165) is 5.56 Å². The first-order valence-corrected chi connectivity index (χ1v) is 9.05. The van der Waals surface area contributed by atoms with Gasteiger partial charge in [-0.25, -0.2) is 0 Å². The summed E-state index contributed by atoms with van der Waals surface area (Å²) in [7, 11) is 1.58. The minimum atomic E-state index is -0.580. The van der Waals surface area contributed by atoms with Crippen LogP contribution in [0.3, 0.4) is 0 Å². The quantitative estimate of drug-likeness (QED) is 0.632. The average molecular weight is 412 g/mol. The summed E-state index contributed by atoms with van der Waals surface area (Å²) in [5.74, 6) is -0.369. The molecule has 0 aliphatic rings. The lowest BCUT2D eigenvalue weighted by Gasteiger charge is -2.09. The van der Waals surface area contributed by atoms with Crippen LogP contribution in [-0.2, 0) is 13.7 Å². The fourth-order valence-electron chi connectivity index (χ4n) is 2.40. The van der Waals surface area contributed by atoms with Gasteiger partial charge in [0.05, 0.1) is 0 Å². The zero-order valence-electron chi connectivity index (χ0n) is 15.5. The van der Waals surface area contributed by atoms with Crippen molar-refractivity contribution in [2.24, 2.45) is 7.05 Å². The third-order valence-corrected chi connectivity index (χ3v) is 4.34. The second-order valence-electron chi connectivity index (χ2n) is 6.21. The van der Waals surface area contributed by atoms with Crippen molar-refractivity contribution in [2.45, 2.75) is 6.61 Å². The first kappa shape index (κ1) is 20.2. The number of amides is 2. The molecular formula is C21H18ClN3O4. The van der Waals surface area contributed by atoms with Crippen LogP contribution in [0.2, 0.25) is 5.02 Å². The van der Waals surface area contributed by atoms with Crippen LogP contribution < -0.4 is 21.1 Å². The molecule has 2 aromatic carbocycles. The van der Waals surface area contributed by atoms with Gasteiger partial charge in [0.1, 0.15) is 12.4 Å². The number of hydrogen-bond donors (Lipinski definition) is 2. The SMILES string of the molecule is Cn1ccc(C(=O)NNC(=O)c2ccc(COc3ccc(Cl)cc3)cc2)cc1=O. The van der Waals surface area contributed by atoms with Crippen LogP contribution in [0, 0.1) is 0 Å². The lowest BCUT2D eigenvalue weighted by molar-refractivity contribution is 0.0846. The Morgan fingerprint density at radius 2 is 1.55 bits per heavy atom. The Labute approximate surface area is 171 Å². The van der Waals surface area contributed by atoms with Crippen molar-refractivity contribution >= 4 is 23.4 Å². The third kappa shape index (κ3) is 5.46.